The number of rotatable bonds is 6. The number of nitrogens with zero attached hydrogens (tertiary/aromatic N) is 1. The minimum absolute atomic E-state index is 0.156. The van der Waals surface area contributed by atoms with Crippen LogP contribution < -0.4 is 4.74 Å². The van der Waals surface area contributed by atoms with Gasteiger partial charge < -0.3 is 14.7 Å². The first-order valence-electron chi connectivity index (χ1n) is 5.68. The van der Waals surface area contributed by atoms with E-state index < -0.39 is 12.0 Å². The summed E-state index contributed by atoms with van der Waals surface area (Å²) < 4.78 is 5.37. The highest BCUT2D eigenvalue weighted by Gasteiger charge is 2.21. The summed E-state index contributed by atoms with van der Waals surface area (Å²) >= 11 is 0. The summed E-state index contributed by atoms with van der Waals surface area (Å²) in [5.74, 6) is -0.574. The molecule has 0 aromatic heterocycles. The van der Waals surface area contributed by atoms with Crippen molar-refractivity contribution >= 4 is 11.9 Å². The molecule has 1 unspecified atom stereocenters. The highest BCUT2D eigenvalue weighted by atomic mass is 16.5. The monoisotopic (exact) mass is 251 g/mol. The molecule has 18 heavy (non-hydrogen) atoms. The Morgan fingerprint density at radius 1 is 1.33 bits per heavy atom. The Kier molecular flexibility index (Phi) is 5.17. The largest absolute Gasteiger partial charge is 0.493 e. The van der Waals surface area contributed by atoms with Gasteiger partial charge in [-0.05, 0) is 19.1 Å². The Morgan fingerprint density at radius 3 is 2.50 bits per heavy atom. The molecule has 0 aliphatic rings. The number of carboxylic acid groups (broad SMARTS) is 1. The van der Waals surface area contributed by atoms with Crippen LogP contribution in [0.3, 0.4) is 0 Å². The first kappa shape index (κ1) is 14.0. The fraction of sp³-hybridized carbons (Fsp3) is 0.385. The van der Waals surface area contributed by atoms with Crippen LogP contribution in [-0.2, 0) is 9.59 Å². The lowest BCUT2D eigenvalue weighted by Gasteiger charge is -2.21. The first-order chi connectivity index (χ1) is 8.52. The van der Waals surface area contributed by atoms with E-state index in [0.29, 0.717) is 5.75 Å². The van der Waals surface area contributed by atoms with Gasteiger partial charge in [-0.3, -0.25) is 4.79 Å². The molecule has 0 spiro atoms. The van der Waals surface area contributed by atoms with Crippen molar-refractivity contribution in [3.63, 3.8) is 0 Å². The molecule has 98 valence electrons. The molecular formula is C13H17NO4. The predicted octanol–water partition coefficient (Wildman–Crippen LogP) is 1.39. The van der Waals surface area contributed by atoms with Crippen LogP contribution in [0.4, 0.5) is 0 Å². The predicted molar refractivity (Wildman–Crippen MR) is 66.4 cm³/mol. The zero-order valence-corrected chi connectivity index (χ0v) is 10.5. The van der Waals surface area contributed by atoms with E-state index in [1.807, 2.05) is 18.2 Å². The average molecular weight is 251 g/mol. The lowest BCUT2D eigenvalue weighted by Crippen LogP contribution is -2.40. The molecule has 1 aromatic carbocycles. The number of aliphatic carboxylic acids is 1. The Balaban J connectivity index is 2.35. The van der Waals surface area contributed by atoms with Crippen LogP contribution in [-0.4, -0.2) is 41.6 Å². The van der Waals surface area contributed by atoms with Crippen LogP contribution in [0.5, 0.6) is 5.75 Å². The van der Waals surface area contributed by atoms with Gasteiger partial charge in [0.25, 0.3) is 0 Å². The molecule has 1 N–H and O–H groups in total. The van der Waals surface area contributed by atoms with Gasteiger partial charge in [0.05, 0.1) is 13.0 Å². The van der Waals surface area contributed by atoms with Crippen molar-refractivity contribution in [2.75, 3.05) is 13.7 Å². The number of amides is 1. The summed E-state index contributed by atoms with van der Waals surface area (Å²) in [6, 6.07) is 8.34. The Morgan fingerprint density at radius 2 is 1.94 bits per heavy atom. The number of carbonyl (C=O) groups is 2. The molecular weight excluding hydrogens is 234 g/mol. The lowest BCUT2D eigenvalue weighted by molar-refractivity contribution is -0.148. The quantitative estimate of drug-likeness (QED) is 0.829. The van der Waals surface area contributed by atoms with Crippen molar-refractivity contribution in [2.45, 2.75) is 19.4 Å². The van der Waals surface area contributed by atoms with Gasteiger partial charge in [-0.1, -0.05) is 18.2 Å². The third-order valence-corrected chi connectivity index (χ3v) is 2.66. The topological polar surface area (TPSA) is 66.8 Å². The molecule has 0 saturated carbocycles. The summed E-state index contributed by atoms with van der Waals surface area (Å²) in [6.07, 6.45) is 0.156. The van der Waals surface area contributed by atoms with E-state index in [9.17, 15) is 9.59 Å². The van der Waals surface area contributed by atoms with Crippen molar-refractivity contribution in [1.82, 2.24) is 4.90 Å². The highest BCUT2D eigenvalue weighted by Crippen LogP contribution is 2.09. The Labute approximate surface area is 106 Å². The van der Waals surface area contributed by atoms with Gasteiger partial charge in [0, 0.05) is 7.05 Å². The summed E-state index contributed by atoms with van der Waals surface area (Å²) in [7, 11) is 1.48. The Bertz CT molecular complexity index is 405. The molecule has 0 heterocycles. The van der Waals surface area contributed by atoms with Gasteiger partial charge in [0.1, 0.15) is 11.8 Å². The minimum atomic E-state index is -1.02. The zero-order valence-electron chi connectivity index (χ0n) is 10.5. The van der Waals surface area contributed by atoms with Crippen LogP contribution in [0.1, 0.15) is 13.3 Å². The van der Waals surface area contributed by atoms with E-state index in [4.69, 9.17) is 9.84 Å². The van der Waals surface area contributed by atoms with E-state index in [1.165, 1.54) is 18.9 Å². The zero-order chi connectivity index (χ0) is 13.5. The SMILES string of the molecule is CC(C(=O)O)N(C)C(=O)CCOc1ccccc1. The van der Waals surface area contributed by atoms with E-state index >= 15 is 0 Å². The van der Waals surface area contributed by atoms with Gasteiger partial charge in [-0.15, -0.1) is 0 Å². The van der Waals surface area contributed by atoms with Gasteiger partial charge in [0.2, 0.25) is 5.91 Å². The summed E-state index contributed by atoms with van der Waals surface area (Å²) in [4.78, 5) is 23.6. The number of carbonyl (C=O) groups excluding carboxylic acids is 1. The van der Waals surface area contributed by atoms with Crippen LogP contribution in [0, 0.1) is 0 Å². The van der Waals surface area contributed by atoms with Crippen molar-refractivity contribution in [2.24, 2.45) is 0 Å². The van der Waals surface area contributed by atoms with Crippen molar-refractivity contribution in [1.29, 1.82) is 0 Å². The van der Waals surface area contributed by atoms with Crippen LogP contribution in [0.2, 0.25) is 0 Å². The second kappa shape index (κ2) is 6.64. The van der Waals surface area contributed by atoms with Crippen molar-refractivity contribution < 1.29 is 19.4 Å². The summed E-state index contributed by atoms with van der Waals surface area (Å²) in [5.41, 5.74) is 0. The maximum absolute atomic E-state index is 11.7. The minimum Gasteiger partial charge on any atom is -0.493 e. The van der Waals surface area contributed by atoms with Gasteiger partial charge in [-0.25, -0.2) is 4.79 Å². The molecule has 1 atom stereocenters. The fourth-order valence-electron chi connectivity index (χ4n) is 1.33. The van der Waals surface area contributed by atoms with Crippen molar-refractivity contribution in [3.8, 4) is 5.75 Å². The second-order valence-corrected chi connectivity index (χ2v) is 3.93. The lowest BCUT2D eigenvalue weighted by atomic mass is 10.2. The molecule has 1 aromatic rings. The molecule has 0 radical (unpaired) electrons. The first-order valence-corrected chi connectivity index (χ1v) is 5.68. The van der Waals surface area contributed by atoms with E-state index in [0.717, 1.165) is 0 Å². The number of carboxylic acids is 1. The molecule has 0 aliphatic heterocycles. The third-order valence-electron chi connectivity index (χ3n) is 2.66. The fourth-order valence-corrected chi connectivity index (χ4v) is 1.33. The third kappa shape index (κ3) is 4.08. The molecule has 0 bridgehead atoms. The standard InChI is InChI=1S/C13H17NO4/c1-10(13(16)17)14(2)12(15)8-9-18-11-6-4-3-5-7-11/h3-7,10H,8-9H2,1-2H3,(H,16,17). The van der Waals surface area contributed by atoms with E-state index in [2.05, 4.69) is 0 Å². The second-order valence-electron chi connectivity index (χ2n) is 3.93. The number of para-hydroxylation sites is 1. The van der Waals surface area contributed by atoms with Crippen LogP contribution >= 0.6 is 0 Å². The van der Waals surface area contributed by atoms with Crippen molar-refractivity contribution in [3.05, 3.63) is 30.3 Å². The number of hydrogen-bond acceptors (Lipinski definition) is 3. The molecule has 0 saturated heterocycles. The maximum Gasteiger partial charge on any atom is 0.326 e. The van der Waals surface area contributed by atoms with E-state index in [1.54, 1.807) is 12.1 Å². The summed E-state index contributed by atoms with van der Waals surface area (Å²) in [5, 5.41) is 8.78. The van der Waals surface area contributed by atoms with Gasteiger partial charge in [-0.2, -0.15) is 0 Å². The number of benzene rings is 1. The molecule has 5 nitrogen and oxygen atoms in total. The molecule has 1 amide bonds. The van der Waals surface area contributed by atoms with Gasteiger partial charge >= 0.3 is 5.97 Å². The number of hydrogen-bond donors (Lipinski definition) is 1. The summed E-state index contributed by atoms with van der Waals surface area (Å²) in [6.45, 7) is 1.71. The molecule has 0 fully saturated rings. The smallest absolute Gasteiger partial charge is 0.326 e. The normalized spacial score (nSPS) is 11.7. The average Bonchev–Trinajstić information content (AvgIpc) is 2.38. The number of likely N-dealkylation sites (N-methyl/N-ethyl adjacent to an activating group) is 1. The van der Waals surface area contributed by atoms with Crippen LogP contribution in [0.25, 0.3) is 0 Å². The number of ether oxygens (including phenoxy) is 1. The highest BCUT2D eigenvalue weighted by molar-refractivity contribution is 5.83. The van der Waals surface area contributed by atoms with E-state index in [-0.39, 0.29) is 18.9 Å². The van der Waals surface area contributed by atoms with Crippen LogP contribution in [0.15, 0.2) is 30.3 Å². The molecule has 5 heteroatoms. The molecule has 1 rings (SSSR count). The maximum atomic E-state index is 11.7. The van der Waals surface area contributed by atoms with Gasteiger partial charge in [0.15, 0.2) is 0 Å². The molecule has 0 aliphatic carbocycles. The Hall–Kier alpha value is -2.04.